The predicted octanol–water partition coefficient (Wildman–Crippen LogP) is 0.186. The Morgan fingerprint density at radius 3 is 2.60 bits per heavy atom. The molecule has 0 aromatic heterocycles. The average molecular weight is 281 g/mol. The van der Waals surface area contributed by atoms with Gasteiger partial charge in [-0.2, -0.15) is 0 Å². The van der Waals surface area contributed by atoms with Gasteiger partial charge in [0.1, 0.15) is 0 Å². The minimum Gasteiger partial charge on any atom is -0.394 e. The molecule has 5 nitrogen and oxygen atoms in total. The lowest BCUT2D eigenvalue weighted by Gasteiger charge is -2.37. The highest BCUT2D eigenvalue weighted by molar-refractivity contribution is 5.82. The minimum atomic E-state index is 0.0676. The maximum atomic E-state index is 12.8. The van der Waals surface area contributed by atoms with Crippen LogP contribution in [0.2, 0.25) is 0 Å². The molecule has 0 spiro atoms. The number of amides is 1. The van der Waals surface area contributed by atoms with Crippen LogP contribution in [0.15, 0.2) is 0 Å². The second-order valence-corrected chi connectivity index (χ2v) is 6.39. The second kappa shape index (κ2) is 6.41. The lowest BCUT2D eigenvalue weighted by Crippen LogP contribution is -2.53. The third-order valence-electron chi connectivity index (χ3n) is 5.23. The molecular formula is C15H27N3O2. The van der Waals surface area contributed by atoms with E-state index < -0.39 is 0 Å². The number of hydrogen-bond acceptors (Lipinski definition) is 4. The van der Waals surface area contributed by atoms with Gasteiger partial charge < -0.3 is 15.3 Å². The van der Waals surface area contributed by atoms with Crippen molar-refractivity contribution in [1.82, 2.24) is 15.1 Å². The van der Waals surface area contributed by atoms with Crippen molar-refractivity contribution >= 4 is 5.91 Å². The summed E-state index contributed by atoms with van der Waals surface area (Å²) in [6.45, 7) is 4.17. The molecule has 3 fully saturated rings. The summed E-state index contributed by atoms with van der Waals surface area (Å²) in [5.74, 6) is 0.276. The van der Waals surface area contributed by atoms with Crippen LogP contribution in [0.4, 0.5) is 0 Å². The maximum absolute atomic E-state index is 12.8. The highest BCUT2D eigenvalue weighted by atomic mass is 16.3. The van der Waals surface area contributed by atoms with Crippen molar-refractivity contribution in [3.63, 3.8) is 0 Å². The van der Waals surface area contributed by atoms with Gasteiger partial charge in [0, 0.05) is 12.6 Å². The first-order valence-electron chi connectivity index (χ1n) is 8.19. The second-order valence-electron chi connectivity index (χ2n) is 6.39. The molecule has 3 rings (SSSR count). The van der Waals surface area contributed by atoms with E-state index in [2.05, 4.69) is 10.2 Å². The summed E-state index contributed by atoms with van der Waals surface area (Å²) < 4.78 is 0. The van der Waals surface area contributed by atoms with Crippen LogP contribution in [0.3, 0.4) is 0 Å². The van der Waals surface area contributed by atoms with Gasteiger partial charge in [0.05, 0.1) is 18.7 Å². The number of piperidine rings is 1. The summed E-state index contributed by atoms with van der Waals surface area (Å²) in [6, 6.07) is 0.714. The molecule has 3 aliphatic heterocycles. The fraction of sp³-hybridized carbons (Fsp3) is 0.933. The number of hydrogen-bond donors (Lipinski definition) is 2. The van der Waals surface area contributed by atoms with Gasteiger partial charge in [0.2, 0.25) is 5.91 Å². The van der Waals surface area contributed by atoms with E-state index in [0.717, 1.165) is 64.7 Å². The van der Waals surface area contributed by atoms with E-state index in [9.17, 15) is 9.90 Å². The SMILES string of the molecule is O=C(C1CCCN1C1CCNCC1)N1CCC[C@H]1CO. The Morgan fingerprint density at radius 1 is 1.10 bits per heavy atom. The first kappa shape index (κ1) is 14.3. The van der Waals surface area contributed by atoms with Crippen LogP contribution in [-0.2, 0) is 4.79 Å². The van der Waals surface area contributed by atoms with E-state index in [1.165, 1.54) is 0 Å². The monoisotopic (exact) mass is 281 g/mol. The number of aliphatic hydroxyl groups is 1. The molecule has 0 aliphatic carbocycles. The first-order chi connectivity index (χ1) is 9.81. The summed E-state index contributed by atoms with van der Waals surface area (Å²) in [6.07, 6.45) is 6.45. The standard InChI is InChI=1S/C15H27N3O2/c19-11-13-3-1-10-18(13)15(20)14-4-2-9-17(14)12-5-7-16-8-6-12/h12-14,16,19H,1-11H2/t13-,14?/m0/s1. The van der Waals surface area contributed by atoms with Crippen molar-refractivity contribution in [1.29, 1.82) is 0 Å². The Kier molecular flexibility index (Phi) is 4.58. The highest BCUT2D eigenvalue weighted by Gasteiger charge is 2.40. The Balaban J connectivity index is 1.66. The molecule has 114 valence electrons. The van der Waals surface area contributed by atoms with E-state index in [4.69, 9.17) is 0 Å². The molecule has 0 bridgehead atoms. The zero-order valence-electron chi connectivity index (χ0n) is 12.3. The van der Waals surface area contributed by atoms with Gasteiger partial charge >= 0.3 is 0 Å². The molecule has 3 aliphatic rings. The van der Waals surface area contributed by atoms with Gasteiger partial charge in [-0.1, -0.05) is 0 Å². The molecular weight excluding hydrogens is 254 g/mol. The Hall–Kier alpha value is -0.650. The Bertz CT molecular complexity index is 344. The molecule has 2 N–H and O–H groups in total. The van der Waals surface area contributed by atoms with E-state index in [-0.39, 0.29) is 24.6 Å². The van der Waals surface area contributed by atoms with Crippen molar-refractivity contribution in [2.24, 2.45) is 0 Å². The summed E-state index contributed by atoms with van der Waals surface area (Å²) >= 11 is 0. The van der Waals surface area contributed by atoms with Crippen LogP contribution in [0.5, 0.6) is 0 Å². The van der Waals surface area contributed by atoms with Gasteiger partial charge in [-0.3, -0.25) is 9.69 Å². The lowest BCUT2D eigenvalue weighted by molar-refractivity contribution is -0.138. The summed E-state index contributed by atoms with van der Waals surface area (Å²) in [4.78, 5) is 17.2. The molecule has 1 unspecified atom stereocenters. The number of nitrogens with zero attached hydrogens (tertiary/aromatic N) is 2. The van der Waals surface area contributed by atoms with Crippen LogP contribution in [0, 0.1) is 0 Å². The van der Waals surface area contributed by atoms with E-state index in [1.807, 2.05) is 4.90 Å². The van der Waals surface area contributed by atoms with Crippen LogP contribution >= 0.6 is 0 Å². The first-order valence-corrected chi connectivity index (χ1v) is 8.19. The van der Waals surface area contributed by atoms with Crippen LogP contribution in [0.25, 0.3) is 0 Å². The molecule has 3 saturated heterocycles. The fourth-order valence-corrected chi connectivity index (χ4v) is 4.14. The minimum absolute atomic E-state index is 0.0676. The number of rotatable bonds is 3. The van der Waals surface area contributed by atoms with E-state index in [0.29, 0.717) is 6.04 Å². The number of carbonyl (C=O) groups excluding carboxylic acids is 1. The number of nitrogens with one attached hydrogen (secondary N) is 1. The topological polar surface area (TPSA) is 55.8 Å². The van der Waals surface area contributed by atoms with Gasteiger partial charge in [-0.25, -0.2) is 0 Å². The van der Waals surface area contributed by atoms with E-state index in [1.54, 1.807) is 0 Å². The molecule has 3 heterocycles. The third kappa shape index (κ3) is 2.71. The highest BCUT2D eigenvalue weighted by Crippen LogP contribution is 2.28. The maximum Gasteiger partial charge on any atom is 0.240 e. The number of aliphatic hydroxyl groups excluding tert-OH is 1. The molecule has 2 atom stereocenters. The summed E-state index contributed by atoms with van der Waals surface area (Å²) in [5.41, 5.74) is 0. The Labute approximate surface area is 121 Å². The smallest absolute Gasteiger partial charge is 0.240 e. The fourth-order valence-electron chi connectivity index (χ4n) is 4.14. The summed E-state index contributed by atoms with van der Waals surface area (Å²) in [7, 11) is 0. The zero-order chi connectivity index (χ0) is 13.9. The third-order valence-corrected chi connectivity index (χ3v) is 5.23. The van der Waals surface area contributed by atoms with Crippen LogP contribution in [-0.4, -0.2) is 71.7 Å². The number of carbonyl (C=O) groups is 1. The molecule has 20 heavy (non-hydrogen) atoms. The summed E-state index contributed by atoms with van der Waals surface area (Å²) in [5, 5.41) is 12.8. The Morgan fingerprint density at radius 2 is 1.85 bits per heavy atom. The van der Waals surface area contributed by atoms with Crippen molar-refractivity contribution < 1.29 is 9.90 Å². The van der Waals surface area contributed by atoms with Gasteiger partial charge in [0.15, 0.2) is 0 Å². The van der Waals surface area contributed by atoms with Gasteiger partial charge in [0.25, 0.3) is 0 Å². The molecule has 0 radical (unpaired) electrons. The van der Waals surface area contributed by atoms with Crippen molar-refractivity contribution in [3.05, 3.63) is 0 Å². The molecule has 0 aromatic rings. The van der Waals surface area contributed by atoms with E-state index >= 15 is 0 Å². The van der Waals surface area contributed by atoms with Crippen molar-refractivity contribution in [2.45, 2.75) is 56.7 Å². The predicted molar refractivity (Wildman–Crippen MR) is 77.4 cm³/mol. The largest absolute Gasteiger partial charge is 0.394 e. The molecule has 5 heteroatoms. The van der Waals surface area contributed by atoms with Crippen molar-refractivity contribution in [3.8, 4) is 0 Å². The quantitative estimate of drug-likeness (QED) is 0.775. The van der Waals surface area contributed by atoms with Gasteiger partial charge in [-0.05, 0) is 58.2 Å². The average Bonchev–Trinajstić information content (AvgIpc) is 3.16. The lowest BCUT2D eigenvalue weighted by atomic mass is 10.0. The van der Waals surface area contributed by atoms with Crippen LogP contribution < -0.4 is 5.32 Å². The number of likely N-dealkylation sites (tertiary alicyclic amines) is 2. The molecule has 0 aromatic carbocycles. The normalized spacial score (nSPS) is 33.0. The molecule has 0 saturated carbocycles. The van der Waals surface area contributed by atoms with Crippen LogP contribution in [0.1, 0.15) is 38.5 Å². The van der Waals surface area contributed by atoms with Crippen molar-refractivity contribution in [2.75, 3.05) is 32.8 Å². The van der Waals surface area contributed by atoms with Gasteiger partial charge in [-0.15, -0.1) is 0 Å². The zero-order valence-corrected chi connectivity index (χ0v) is 12.3. The molecule has 1 amide bonds.